The zero-order valence-electron chi connectivity index (χ0n) is 21.3. The SMILES string of the molecule is CCCCC(CC)COC(=O)c1ccccc1C(=O)c1ccc2c(c1)C(C)(C)CCC2(C)C. The van der Waals surface area contributed by atoms with Gasteiger partial charge in [-0.05, 0) is 59.3 Å². The molecule has 3 nitrogen and oxygen atoms in total. The van der Waals surface area contributed by atoms with Crippen LogP contribution in [0.15, 0.2) is 42.5 Å². The van der Waals surface area contributed by atoms with E-state index in [4.69, 9.17) is 4.74 Å². The fourth-order valence-corrected chi connectivity index (χ4v) is 4.91. The third-order valence-electron chi connectivity index (χ3n) is 7.50. The Morgan fingerprint density at radius 1 is 0.909 bits per heavy atom. The van der Waals surface area contributed by atoms with Crippen molar-refractivity contribution in [3.63, 3.8) is 0 Å². The van der Waals surface area contributed by atoms with Crippen molar-refractivity contribution < 1.29 is 14.3 Å². The molecule has 0 spiro atoms. The van der Waals surface area contributed by atoms with Crippen LogP contribution in [0.2, 0.25) is 0 Å². The van der Waals surface area contributed by atoms with Gasteiger partial charge in [-0.2, -0.15) is 0 Å². The van der Waals surface area contributed by atoms with Gasteiger partial charge < -0.3 is 4.74 Å². The minimum Gasteiger partial charge on any atom is -0.462 e. The first kappa shape index (κ1) is 25.2. The molecule has 0 saturated heterocycles. The van der Waals surface area contributed by atoms with Gasteiger partial charge in [0.2, 0.25) is 0 Å². The molecule has 0 bridgehead atoms. The van der Waals surface area contributed by atoms with Crippen molar-refractivity contribution in [3.05, 3.63) is 70.3 Å². The third-order valence-corrected chi connectivity index (χ3v) is 7.50. The predicted octanol–water partition coefficient (Wildman–Crippen LogP) is 7.64. The number of unbranched alkanes of at least 4 members (excludes halogenated alkanes) is 1. The first-order valence-electron chi connectivity index (χ1n) is 12.6. The number of fused-ring (bicyclic) bond motifs is 1. The molecule has 33 heavy (non-hydrogen) atoms. The second-order valence-electron chi connectivity index (χ2n) is 10.9. The standard InChI is InChI=1S/C30H40O3/c1-7-9-12-21(8-2)20-33-28(32)24-14-11-10-13-23(24)27(31)22-15-16-25-26(19-22)30(5,6)18-17-29(25,3)4/h10-11,13-16,19,21H,7-9,12,17-18,20H2,1-6H3. The van der Waals surface area contributed by atoms with E-state index in [1.165, 1.54) is 11.1 Å². The molecule has 3 rings (SSSR count). The summed E-state index contributed by atoms with van der Waals surface area (Å²) in [5.74, 6) is -0.168. The Kier molecular flexibility index (Phi) is 7.82. The summed E-state index contributed by atoms with van der Waals surface area (Å²) in [5.41, 5.74) is 4.08. The first-order chi connectivity index (χ1) is 15.6. The third kappa shape index (κ3) is 5.57. The van der Waals surface area contributed by atoms with Gasteiger partial charge in [-0.1, -0.05) is 91.1 Å². The molecule has 1 aliphatic carbocycles. The molecule has 0 heterocycles. The van der Waals surface area contributed by atoms with E-state index in [0.29, 0.717) is 29.2 Å². The summed E-state index contributed by atoms with van der Waals surface area (Å²) in [6.07, 6.45) is 6.53. The van der Waals surface area contributed by atoms with Gasteiger partial charge in [0.05, 0.1) is 12.2 Å². The van der Waals surface area contributed by atoms with Crippen LogP contribution in [-0.2, 0) is 15.6 Å². The molecule has 178 valence electrons. The first-order valence-corrected chi connectivity index (χ1v) is 12.6. The summed E-state index contributed by atoms with van der Waals surface area (Å²) in [5, 5.41) is 0. The number of carbonyl (C=O) groups is 2. The van der Waals surface area contributed by atoms with Crippen LogP contribution in [0, 0.1) is 5.92 Å². The highest BCUT2D eigenvalue weighted by molar-refractivity contribution is 6.14. The van der Waals surface area contributed by atoms with E-state index in [9.17, 15) is 9.59 Å². The van der Waals surface area contributed by atoms with Crippen molar-refractivity contribution in [2.45, 2.75) is 90.9 Å². The van der Waals surface area contributed by atoms with E-state index in [1.807, 2.05) is 12.1 Å². The van der Waals surface area contributed by atoms with Crippen molar-refractivity contribution >= 4 is 11.8 Å². The number of hydrogen-bond acceptors (Lipinski definition) is 3. The predicted molar refractivity (Wildman–Crippen MR) is 135 cm³/mol. The van der Waals surface area contributed by atoms with Crippen LogP contribution in [0.5, 0.6) is 0 Å². The molecule has 3 heteroatoms. The molecule has 0 amide bonds. The second kappa shape index (κ2) is 10.2. The van der Waals surface area contributed by atoms with Crippen LogP contribution in [-0.4, -0.2) is 18.4 Å². The Bertz CT molecular complexity index is 999. The number of hydrogen-bond donors (Lipinski definition) is 0. The van der Waals surface area contributed by atoms with Gasteiger partial charge in [0.1, 0.15) is 0 Å². The number of ketones is 1. The quantitative estimate of drug-likeness (QED) is 0.292. The maximum absolute atomic E-state index is 13.6. The molecule has 1 unspecified atom stereocenters. The number of rotatable bonds is 9. The summed E-state index contributed by atoms with van der Waals surface area (Å²) in [6.45, 7) is 13.8. The topological polar surface area (TPSA) is 43.4 Å². The number of benzene rings is 2. The van der Waals surface area contributed by atoms with E-state index in [1.54, 1.807) is 18.2 Å². The van der Waals surface area contributed by atoms with Crippen molar-refractivity contribution in [3.8, 4) is 0 Å². The van der Waals surface area contributed by atoms with E-state index in [0.717, 1.165) is 38.5 Å². The lowest BCUT2D eigenvalue weighted by molar-refractivity contribution is 0.0426. The van der Waals surface area contributed by atoms with Gasteiger partial charge in [0.15, 0.2) is 5.78 Å². The number of esters is 1. The van der Waals surface area contributed by atoms with E-state index >= 15 is 0 Å². The summed E-state index contributed by atoms with van der Waals surface area (Å²) >= 11 is 0. The van der Waals surface area contributed by atoms with Crippen molar-refractivity contribution in [1.29, 1.82) is 0 Å². The number of ether oxygens (including phenoxy) is 1. The average Bonchev–Trinajstić information content (AvgIpc) is 2.81. The normalized spacial score (nSPS) is 17.2. The van der Waals surface area contributed by atoms with Gasteiger partial charge in [-0.3, -0.25) is 4.79 Å². The fraction of sp³-hybridized carbons (Fsp3) is 0.533. The zero-order valence-corrected chi connectivity index (χ0v) is 21.3. The van der Waals surface area contributed by atoms with E-state index < -0.39 is 5.97 Å². The van der Waals surface area contributed by atoms with E-state index in [2.05, 4.69) is 53.7 Å². The Morgan fingerprint density at radius 2 is 1.55 bits per heavy atom. The molecule has 0 aromatic heterocycles. The molecule has 0 aliphatic heterocycles. The van der Waals surface area contributed by atoms with Crippen LogP contribution in [0.25, 0.3) is 0 Å². The average molecular weight is 449 g/mol. The van der Waals surface area contributed by atoms with Gasteiger partial charge >= 0.3 is 5.97 Å². The Morgan fingerprint density at radius 3 is 2.18 bits per heavy atom. The second-order valence-corrected chi connectivity index (χ2v) is 10.9. The molecule has 0 N–H and O–H groups in total. The lowest BCUT2D eigenvalue weighted by Gasteiger charge is -2.42. The van der Waals surface area contributed by atoms with Crippen molar-refractivity contribution in [1.82, 2.24) is 0 Å². The highest BCUT2D eigenvalue weighted by Crippen LogP contribution is 2.46. The Balaban J connectivity index is 1.87. The summed E-state index contributed by atoms with van der Waals surface area (Å²) in [7, 11) is 0. The smallest absolute Gasteiger partial charge is 0.338 e. The Labute approximate surface area is 199 Å². The Hall–Kier alpha value is -2.42. The van der Waals surface area contributed by atoms with Crippen LogP contribution in [0.4, 0.5) is 0 Å². The van der Waals surface area contributed by atoms with Gasteiger partial charge in [0.25, 0.3) is 0 Å². The minimum atomic E-state index is -0.409. The monoisotopic (exact) mass is 448 g/mol. The molecule has 1 atom stereocenters. The van der Waals surface area contributed by atoms with Gasteiger partial charge in [0, 0.05) is 11.1 Å². The zero-order chi connectivity index (χ0) is 24.2. The molecule has 0 saturated carbocycles. The maximum atomic E-state index is 13.6. The van der Waals surface area contributed by atoms with Crippen molar-refractivity contribution in [2.75, 3.05) is 6.61 Å². The van der Waals surface area contributed by atoms with Crippen LogP contribution < -0.4 is 0 Å². The minimum absolute atomic E-state index is 0.0211. The fourth-order valence-electron chi connectivity index (χ4n) is 4.91. The molecule has 0 fully saturated rings. The summed E-state index contributed by atoms with van der Waals surface area (Å²) in [4.78, 5) is 26.5. The number of carbonyl (C=O) groups excluding carboxylic acids is 2. The van der Waals surface area contributed by atoms with Crippen LogP contribution in [0.1, 0.15) is 117 Å². The lowest BCUT2D eigenvalue weighted by Crippen LogP contribution is -2.34. The van der Waals surface area contributed by atoms with E-state index in [-0.39, 0.29) is 16.6 Å². The summed E-state index contributed by atoms with van der Waals surface area (Å²) < 4.78 is 5.66. The largest absolute Gasteiger partial charge is 0.462 e. The molecule has 2 aromatic rings. The maximum Gasteiger partial charge on any atom is 0.338 e. The van der Waals surface area contributed by atoms with Crippen LogP contribution >= 0.6 is 0 Å². The molecule has 2 aromatic carbocycles. The van der Waals surface area contributed by atoms with Gasteiger partial charge in [-0.15, -0.1) is 0 Å². The lowest BCUT2D eigenvalue weighted by atomic mass is 9.63. The van der Waals surface area contributed by atoms with Crippen LogP contribution in [0.3, 0.4) is 0 Å². The molecule has 1 aliphatic rings. The highest BCUT2D eigenvalue weighted by Gasteiger charge is 2.37. The summed E-state index contributed by atoms with van der Waals surface area (Å²) in [6, 6.07) is 13.1. The van der Waals surface area contributed by atoms with Gasteiger partial charge in [-0.25, -0.2) is 4.79 Å². The highest BCUT2D eigenvalue weighted by atomic mass is 16.5. The van der Waals surface area contributed by atoms with Crippen molar-refractivity contribution in [2.24, 2.45) is 5.92 Å². The molecule has 0 radical (unpaired) electrons. The molecular formula is C30H40O3. The molecular weight excluding hydrogens is 408 g/mol.